The number of nitrogens with zero attached hydrogens (tertiary/aromatic N) is 2. The van der Waals surface area contributed by atoms with Crippen molar-refractivity contribution in [2.24, 2.45) is 5.92 Å². The minimum Gasteiger partial charge on any atom is -0.508 e. The van der Waals surface area contributed by atoms with Crippen LogP contribution >= 0.6 is 0 Å². The third kappa shape index (κ3) is 2.61. The first-order valence-electron chi connectivity index (χ1n) is 6.56. The minimum atomic E-state index is 0.182. The molecule has 5 nitrogen and oxygen atoms in total. The first-order chi connectivity index (χ1) is 9.22. The molecule has 0 radical (unpaired) electrons. The zero-order valence-electron chi connectivity index (χ0n) is 10.8. The lowest BCUT2D eigenvalue weighted by molar-refractivity contribution is 0.317. The van der Waals surface area contributed by atoms with E-state index in [0.29, 0.717) is 24.1 Å². The van der Waals surface area contributed by atoms with Crippen molar-refractivity contribution in [3.63, 3.8) is 0 Å². The number of phenolic OH excluding ortho intramolecular Hbond substituents is 1. The van der Waals surface area contributed by atoms with E-state index in [1.165, 1.54) is 0 Å². The third-order valence-electron chi connectivity index (χ3n) is 3.58. The molecule has 1 aliphatic rings. The molecule has 2 N–H and O–H groups in total. The summed E-state index contributed by atoms with van der Waals surface area (Å²) < 4.78 is 5.34. The van der Waals surface area contributed by atoms with Crippen LogP contribution in [-0.4, -0.2) is 21.8 Å². The maximum Gasteiger partial charge on any atom is 0.244 e. The van der Waals surface area contributed by atoms with Gasteiger partial charge in [0, 0.05) is 6.42 Å². The van der Waals surface area contributed by atoms with E-state index in [4.69, 9.17) is 4.52 Å². The van der Waals surface area contributed by atoms with E-state index < -0.39 is 0 Å². The smallest absolute Gasteiger partial charge is 0.244 e. The first kappa shape index (κ1) is 12.2. The number of nitrogens with one attached hydrogen (secondary N) is 1. The van der Waals surface area contributed by atoms with Crippen LogP contribution in [-0.2, 0) is 6.42 Å². The lowest BCUT2D eigenvalue weighted by atomic mass is 10.0. The maximum absolute atomic E-state index is 9.24. The van der Waals surface area contributed by atoms with Gasteiger partial charge >= 0.3 is 0 Å². The van der Waals surface area contributed by atoms with Crippen molar-refractivity contribution in [2.75, 3.05) is 6.54 Å². The zero-order chi connectivity index (χ0) is 13.2. The van der Waals surface area contributed by atoms with Gasteiger partial charge in [0.15, 0.2) is 5.82 Å². The van der Waals surface area contributed by atoms with Crippen LogP contribution in [0.25, 0.3) is 0 Å². The molecule has 1 aliphatic heterocycles. The van der Waals surface area contributed by atoms with Crippen LogP contribution < -0.4 is 5.32 Å². The van der Waals surface area contributed by atoms with Crippen LogP contribution in [0, 0.1) is 5.92 Å². The van der Waals surface area contributed by atoms with Crippen LogP contribution in [0.5, 0.6) is 5.75 Å². The largest absolute Gasteiger partial charge is 0.508 e. The Bertz CT molecular complexity index is 550. The topological polar surface area (TPSA) is 71.2 Å². The van der Waals surface area contributed by atoms with Gasteiger partial charge in [-0.1, -0.05) is 24.2 Å². The zero-order valence-corrected chi connectivity index (χ0v) is 10.8. The summed E-state index contributed by atoms with van der Waals surface area (Å²) in [5.41, 5.74) is 1.05. The molecule has 0 aliphatic carbocycles. The van der Waals surface area contributed by atoms with Gasteiger partial charge in [-0.05, 0) is 36.6 Å². The molecule has 2 heterocycles. The van der Waals surface area contributed by atoms with Gasteiger partial charge in [0.2, 0.25) is 5.89 Å². The number of rotatable bonds is 3. The summed E-state index contributed by atoms with van der Waals surface area (Å²) in [5, 5.41) is 16.6. The lowest BCUT2D eigenvalue weighted by Crippen LogP contribution is -2.16. The Hall–Kier alpha value is -1.88. The van der Waals surface area contributed by atoms with E-state index in [9.17, 15) is 5.11 Å². The van der Waals surface area contributed by atoms with Crippen LogP contribution in [0.1, 0.15) is 36.7 Å². The average Bonchev–Trinajstić information content (AvgIpc) is 3.01. The van der Waals surface area contributed by atoms with Crippen molar-refractivity contribution < 1.29 is 9.63 Å². The highest BCUT2D eigenvalue weighted by Crippen LogP contribution is 2.27. The lowest BCUT2D eigenvalue weighted by Gasteiger charge is -2.09. The van der Waals surface area contributed by atoms with E-state index in [-0.39, 0.29) is 11.8 Å². The molecule has 1 aromatic heterocycles. The van der Waals surface area contributed by atoms with Gasteiger partial charge in [0.25, 0.3) is 0 Å². The Kier molecular flexibility index (Phi) is 3.21. The van der Waals surface area contributed by atoms with Gasteiger partial charge in [-0.3, -0.25) is 0 Å². The monoisotopic (exact) mass is 259 g/mol. The SMILES string of the molecule is CC1CCNC1c1nc(Cc2ccc(O)cc2)no1. The van der Waals surface area contributed by atoms with Crippen molar-refractivity contribution in [2.45, 2.75) is 25.8 Å². The van der Waals surface area contributed by atoms with E-state index in [1.54, 1.807) is 12.1 Å². The van der Waals surface area contributed by atoms with Crippen molar-refractivity contribution in [3.8, 4) is 5.75 Å². The summed E-state index contributed by atoms with van der Waals surface area (Å²) in [6.07, 6.45) is 1.76. The normalized spacial score (nSPS) is 22.8. The second-order valence-electron chi connectivity index (χ2n) is 5.09. The summed E-state index contributed by atoms with van der Waals surface area (Å²) in [7, 11) is 0. The summed E-state index contributed by atoms with van der Waals surface area (Å²) >= 11 is 0. The molecule has 0 bridgehead atoms. The second-order valence-corrected chi connectivity index (χ2v) is 5.09. The van der Waals surface area contributed by atoms with Gasteiger partial charge in [-0.25, -0.2) is 0 Å². The summed E-state index contributed by atoms with van der Waals surface area (Å²) in [4.78, 5) is 4.46. The minimum absolute atomic E-state index is 0.182. The predicted octanol–water partition coefficient (Wildman–Crippen LogP) is 2.04. The summed E-state index contributed by atoms with van der Waals surface area (Å²) in [6.45, 7) is 3.19. The Morgan fingerprint density at radius 2 is 2.16 bits per heavy atom. The number of aromatic hydroxyl groups is 1. The summed E-state index contributed by atoms with van der Waals surface area (Å²) in [6, 6.07) is 7.23. The average molecular weight is 259 g/mol. The Labute approximate surface area is 111 Å². The molecule has 1 aromatic carbocycles. The molecular formula is C14H17N3O2. The van der Waals surface area contributed by atoms with Gasteiger partial charge < -0.3 is 14.9 Å². The van der Waals surface area contributed by atoms with Crippen molar-refractivity contribution >= 4 is 0 Å². The maximum atomic E-state index is 9.24. The van der Waals surface area contributed by atoms with E-state index in [1.807, 2.05) is 12.1 Å². The molecule has 1 saturated heterocycles. The molecule has 2 atom stereocenters. The van der Waals surface area contributed by atoms with Crippen molar-refractivity contribution in [3.05, 3.63) is 41.5 Å². The number of benzene rings is 1. The number of hydrogen-bond donors (Lipinski definition) is 2. The number of phenols is 1. The van der Waals surface area contributed by atoms with Crippen molar-refractivity contribution in [1.82, 2.24) is 15.5 Å². The predicted molar refractivity (Wildman–Crippen MR) is 69.7 cm³/mol. The highest BCUT2D eigenvalue weighted by atomic mass is 16.5. The molecule has 0 saturated carbocycles. The Morgan fingerprint density at radius 1 is 1.37 bits per heavy atom. The molecule has 100 valence electrons. The molecule has 0 amide bonds. The third-order valence-corrected chi connectivity index (χ3v) is 3.58. The van der Waals surface area contributed by atoms with Crippen molar-refractivity contribution in [1.29, 1.82) is 0 Å². The Balaban J connectivity index is 1.72. The molecule has 1 fully saturated rings. The van der Waals surface area contributed by atoms with Crippen LogP contribution in [0.2, 0.25) is 0 Å². The van der Waals surface area contributed by atoms with Gasteiger partial charge in [-0.2, -0.15) is 4.98 Å². The quantitative estimate of drug-likeness (QED) is 0.882. The molecule has 19 heavy (non-hydrogen) atoms. The van der Waals surface area contributed by atoms with E-state index in [0.717, 1.165) is 18.5 Å². The standard InChI is InChI=1S/C14H17N3O2/c1-9-6-7-15-13(9)14-16-12(17-19-14)8-10-2-4-11(18)5-3-10/h2-5,9,13,15,18H,6-8H2,1H3. The molecule has 5 heteroatoms. The summed E-state index contributed by atoms with van der Waals surface area (Å²) in [5.74, 6) is 2.16. The fourth-order valence-corrected chi connectivity index (χ4v) is 2.43. The van der Waals surface area contributed by atoms with Gasteiger partial charge in [0.05, 0.1) is 6.04 Å². The highest BCUT2D eigenvalue weighted by Gasteiger charge is 2.29. The van der Waals surface area contributed by atoms with Gasteiger partial charge in [-0.15, -0.1) is 0 Å². The first-order valence-corrected chi connectivity index (χ1v) is 6.56. The molecule has 3 rings (SSSR count). The highest BCUT2D eigenvalue weighted by molar-refractivity contribution is 5.27. The van der Waals surface area contributed by atoms with Gasteiger partial charge in [0.1, 0.15) is 5.75 Å². The molecule has 0 spiro atoms. The van der Waals surface area contributed by atoms with E-state index in [2.05, 4.69) is 22.4 Å². The molecular weight excluding hydrogens is 242 g/mol. The van der Waals surface area contributed by atoms with Crippen LogP contribution in [0.15, 0.2) is 28.8 Å². The number of aromatic nitrogens is 2. The molecule has 2 unspecified atom stereocenters. The molecule has 2 aromatic rings. The van der Waals surface area contributed by atoms with E-state index >= 15 is 0 Å². The fraction of sp³-hybridized carbons (Fsp3) is 0.429. The van der Waals surface area contributed by atoms with Crippen LogP contribution in [0.4, 0.5) is 0 Å². The number of hydrogen-bond acceptors (Lipinski definition) is 5. The Morgan fingerprint density at radius 3 is 2.84 bits per heavy atom. The second kappa shape index (κ2) is 5.01. The fourth-order valence-electron chi connectivity index (χ4n) is 2.43. The van der Waals surface area contributed by atoms with Crippen LogP contribution in [0.3, 0.4) is 0 Å².